The number of carbonyl (C=O) groups excluding carboxylic acids is 1. The molecule has 1 heterocycles. The Kier molecular flexibility index (Phi) is 29.1. The van der Waals surface area contributed by atoms with Gasteiger partial charge in [-0.3, -0.25) is 4.79 Å². The van der Waals surface area contributed by atoms with E-state index in [-0.39, 0.29) is 5.91 Å². The second-order valence-electron chi connectivity index (χ2n) is 4.65. The van der Waals surface area contributed by atoms with Crippen molar-refractivity contribution in [2.75, 3.05) is 13.1 Å². The summed E-state index contributed by atoms with van der Waals surface area (Å²) in [5, 5.41) is 0. The van der Waals surface area contributed by atoms with Crippen LogP contribution in [0.25, 0.3) is 0 Å². The fraction of sp³-hybridized carbons (Fsp3) is 0.842. The molecular weight excluding hydrogens is 258 g/mol. The first-order valence-corrected chi connectivity index (χ1v) is 9.17. The maximum absolute atomic E-state index is 10.8. The van der Waals surface area contributed by atoms with Gasteiger partial charge < -0.3 is 4.90 Å². The third-order valence-electron chi connectivity index (χ3n) is 3.05. The van der Waals surface area contributed by atoms with Crippen molar-refractivity contribution in [3.63, 3.8) is 0 Å². The third kappa shape index (κ3) is 19.2. The van der Waals surface area contributed by atoms with Crippen LogP contribution in [-0.4, -0.2) is 23.9 Å². The summed E-state index contributed by atoms with van der Waals surface area (Å²) < 4.78 is 0. The third-order valence-corrected chi connectivity index (χ3v) is 3.05. The molecule has 0 aromatic rings. The minimum absolute atomic E-state index is 0.0764. The maximum Gasteiger partial charge on any atom is 0.245 e. The van der Waals surface area contributed by atoms with Crippen LogP contribution in [0.15, 0.2) is 12.7 Å². The molecular formula is C19H41NO. The van der Waals surface area contributed by atoms with Crippen LogP contribution >= 0.6 is 0 Å². The van der Waals surface area contributed by atoms with E-state index in [0.717, 1.165) is 25.9 Å². The van der Waals surface area contributed by atoms with Gasteiger partial charge in [0.2, 0.25) is 5.91 Å². The number of hydrogen-bond donors (Lipinski definition) is 0. The van der Waals surface area contributed by atoms with Gasteiger partial charge in [-0.05, 0) is 18.9 Å². The molecule has 1 aliphatic heterocycles. The predicted molar refractivity (Wildman–Crippen MR) is 97.8 cm³/mol. The van der Waals surface area contributed by atoms with Gasteiger partial charge in [-0.2, -0.15) is 0 Å². The number of nitrogens with zero attached hydrogens (tertiary/aromatic N) is 1. The zero-order valence-electron chi connectivity index (χ0n) is 15.7. The lowest BCUT2D eigenvalue weighted by Crippen LogP contribution is -2.25. The fourth-order valence-corrected chi connectivity index (χ4v) is 1.92. The van der Waals surface area contributed by atoms with Gasteiger partial charge in [-0.25, -0.2) is 0 Å². The summed E-state index contributed by atoms with van der Waals surface area (Å²) in [7, 11) is 0. The lowest BCUT2D eigenvalue weighted by atomic mass is 10.1. The molecule has 2 nitrogen and oxygen atoms in total. The molecule has 0 radical (unpaired) electrons. The molecule has 0 unspecified atom stereocenters. The predicted octanol–water partition coefficient (Wildman–Crippen LogP) is 6.21. The molecule has 2 heteroatoms. The van der Waals surface area contributed by atoms with Gasteiger partial charge in [0.1, 0.15) is 0 Å². The standard InChI is InChI=1S/C8H18.C7H11NO.2C2H6/c1-3-5-7-8-6-4-2;1-2-7(9)8-5-3-4-6-8;2*1-2/h3-8H2,1-2H3;2H,1,3-6H2;2*1-2H3. The van der Waals surface area contributed by atoms with Crippen molar-refractivity contribution in [2.24, 2.45) is 0 Å². The van der Waals surface area contributed by atoms with E-state index in [1.54, 1.807) is 0 Å². The molecule has 0 aromatic carbocycles. The normalized spacial score (nSPS) is 12.0. The van der Waals surface area contributed by atoms with E-state index in [9.17, 15) is 4.79 Å². The Balaban J connectivity index is -0.000000251. The van der Waals surface area contributed by atoms with Gasteiger partial charge in [0.25, 0.3) is 0 Å². The van der Waals surface area contributed by atoms with Crippen molar-refractivity contribution in [1.82, 2.24) is 4.90 Å². The Bertz CT molecular complexity index is 190. The second-order valence-corrected chi connectivity index (χ2v) is 4.65. The Hall–Kier alpha value is -0.790. The van der Waals surface area contributed by atoms with E-state index in [4.69, 9.17) is 0 Å². The average molecular weight is 300 g/mol. The van der Waals surface area contributed by atoms with E-state index in [2.05, 4.69) is 20.4 Å². The van der Waals surface area contributed by atoms with E-state index in [1.165, 1.54) is 44.6 Å². The van der Waals surface area contributed by atoms with Crippen molar-refractivity contribution in [2.45, 2.75) is 92.9 Å². The molecule has 1 fully saturated rings. The van der Waals surface area contributed by atoms with Gasteiger partial charge >= 0.3 is 0 Å². The summed E-state index contributed by atoms with van der Waals surface area (Å²) in [5.74, 6) is 0.0764. The van der Waals surface area contributed by atoms with Crippen LogP contribution in [-0.2, 0) is 4.79 Å². The molecule has 0 saturated carbocycles. The van der Waals surface area contributed by atoms with Crippen LogP contribution in [0.2, 0.25) is 0 Å². The highest BCUT2D eigenvalue weighted by Crippen LogP contribution is 2.06. The van der Waals surface area contributed by atoms with E-state index < -0.39 is 0 Å². The molecule has 0 aliphatic carbocycles. The Morgan fingerprint density at radius 3 is 1.57 bits per heavy atom. The van der Waals surface area contributed by atoms with Crippen LogP contribution in [0.1, 0.15) is 92.9 Å². The van der Waals surface area contributed by atoms with E-state index in [0.29, 0.717) is 0 Å². The SMILES string of the molecule is C=CC(=O)N1CCCC1.CC.CC.CCCCCCCC. The summed E-state index contributed by atoms with van der Waals surface area (Å²) in [5.41, 5.74) is 0. The van der Waals surface area contributed by atoms with Gasteiger partial charge in [-0.15, -0.1) is 0 Å². The lowest BCUT2D eigenvalue weighted by Gasteiger charge is -2.10. The van der Waals surface area contributed by atoms with Crippen molar-refractivity contribution < 1.29 is 4.79 Å². The zero-order chi connectivity index (χ0) is 16.9. The highest BCUT2D eigenvalue weighted by molar-refractivity contribution is 5.87. The summed E-state index contributed by atoms with van der Waals surface area (Å²) in [6.45, 7) is 17.8. The summed E-state index contributed by atoms with van der Waals surface area (Å²) in [6, 6.07) is 0. The van der Waals surface area contributed by atoms with Crippen LogP contribution in [0.3, 0.4) is 0 Å². The molecule has 0 aromatic heterocycles. The first-order chi connectivity index (χ1) is 10.3. The van der Waals surface area contributed by atoms with Crippen molar-refractivity contribution >= 4 is 5.91 Å². The number of unbranched alkanes of at least 4 members (excludes halogenated alkanes) is 5. The van der Waals surface area contributed by atoms with Crippen molar-refractivity contribution in [3.05, 3.63) is 12.7 Å². The fourth-order valence-electron chi connectivity index (χ4n) is 1.92. The molecule has 1 saturated heterocycles. The van der Waals surface area contributed by atoms with Gasteiger partial charge in [0, 0.05) is 13.1 Å². The van der Waals surface area contributed by atoms with Crippen LogP contribution < -0.4 is 0 Å². The molecule has 1 amide bonds. The Morgan fingerprint density at radius 1 is 0.905 bits per heavy atom. The average Bonchev–Trinajstić information content (AvgIpc) is 3.10. The number of amides is 1. The quantitative estimate of drug-likeness (QED) is 0.421. The molecule has 1 aliphatic rings. The largest absolute Gasteiger partial charge is 0.339 e. The van der Waals surface area contributed by atoms with Crippen LogP contribution in [0.5, 0.6) is 0 Å². The molecule has 0 N–H and O–H groups in total. The molecule has 21 heavy (non-hydrogen) atoms. The Morgan fingerprint density at radius 2 is 1.29 bits per heavy atom. The van der Waals surface area contributed by atoms with Gasteiger partial charge in [0.15, 0.2) is 0 Å². The maximum atomic E-state index is 10.8. The Labute approximate surface area is 135 Å². The minimum atomic E-state index is 0.0764. The molecule has 1 rings (SSSR count). The summed E-state index contributed by atoms with van der Waals surface area (Å²) in [6.07, 6.45) is 12.2. The molecule has 0 bridgehead atoms. The highest BCUT2D eigenvalue weighted by Gasteiger charge is 2.13. The smallest absolute Gasteiger partial charge is 0.245 e. The van der Waals surface area contributed by atoms with Crippen LogP contribution in [0, 0.1) is 0 Å². The first-order valence-electron chi connectivity index (χ1n) is 9.17. The van der Waals surface area contributed by atoms with E-state index >= 15 is 0 Å². The monoisotopic (exact) mass is 299 g/mol. The van der Waals surface area contributed by atoms with Crippen molar-refractivity contribution in [3.8, 4) is 0 Å². The van der Waals surface area contributed by atoms with Gasteiger partial charge in [0.05, 0.1) is 0 Å². The van der Waals surface area contributed by atoms with Crippen LogP contribution in [0.4, 0.5) is 0 Å². The molecule has 0 atom stereocenters. The van der Waals surface area contributed by atoms with Crippen molar-refractivity contribution in [1.29, 1.82) is 0 Å². The number of likely N-dealkylation sites (tertiary alicyclic amines) is 1. The van der Waals surface area contributed by atoms with E-state index in [1.807, 2.05) is 32.6 Å². The summed E-state index contributed by atoms with van der Waals surface area (Å²) >= 11 is 0. The molecule has 128 valence electrons. The lowest BCUT2D eigenvalue weighted by molar-refractivity contribution is -0.124. The molecule has 0 spiro atoms. The number of hydrogen-bond acceptors (Lipinski definition) is 1. The second kappa shape index (κ2) is 24.2. The number of carbonyl (C=O) groups is 1. The zero-order valence-corrected chi connectivity index (χ0v) is 15.7. The highest BCUT2D eigenvalue weighted by atomic mass is 16.2. The first kappa shape index (κ1) is 25.2. The van der Waals surface area contributed by atoms with Gasteiger partial charge in [-0.1, -0.05) is 86.6 Å². The topological polar surface area (TPSA) is 20.3 Å². The number of rotatable bonds is 6. The summed E-state index contributed by atoms with van der Waals surface area (Å²) in [4.78, 5) is 12.6. The minimum Gasteiger partial charge on any atom is -0.339 e.